The van der Waals surface area contributed by atoms with E-state index in [2.05, 4.69) is 50.3 Å². The molecule has 1 rings (SSSR count). The Hall–Kier alpha value is -1.93. The maximum Gasteiger partial charge on any atom is 0.472 e. The summed E-state index contributed by atoms with van der Waals surface area (Å²) in [5, 5.41) is 50.2. The first kappa shape index (κ1) is 57.1. The Bertz CT molecular complexity index is 1210. The molecule has 0 radical (unpaired) electrons. The molecule has 0 bridgehead atoms. The highest BCUT2D eigenvalue weighted by atomic mass is 31.2. The first-order valence-electron chi connectivity index (χ1n) is 23.8. The number of ether oxygens (including phenoxy) is 2. The quantitative estimate of drug-likeness (QED) is 0.0112. The van der Waals surface area contributed by atoms with Crippen LogP contribution in [0.2, 0.25) is 0 Å². The van der Waals surface area contributed by atoms with Gasteiger partial charge < -0.3 is 39.9 Å². The lowest BCUT2D eigenvalue weighted by Gasteiger charge is -2.41. The minimum Gasteiger partial charge on any atom is -0.462 e. The summed E-state index contributed by atoms with van der Waals surface area (Å²) in [6.45, 7) is 3.26. The fourth-order valence-electron chi connectivity index (χ4n) is 7.10. The zero-order valence-corrected chi connectivity index (χ0v) is 38.6. The van der Waals surface area contributed by atoms with E-state index in [0.29, 0.717) is 12.8 Å². The van der Waals surface area contributed by atoms with Crippen LogP contribution < -0.4 is 0 Å². The van der Waals surface area contributed by atoms with Crippen molar-refractivity contribution >= 4 is 19.8 Å². The van der Waals surface area contributed by atoms with Crippen molar-refractivity contribution in [3.63, 3.8) is 0 Å². The molecule has 1 fully saturated rings. The molecule has 61 heavy (non-hydrogen) atoms. The van der Waals surface area contributed by atoms with E-state index in [1.165, 1.54) is 83.5 Å². The Labute approximate surface area is 368 Å². The third-order valence-electron chi connectivity index (χ3n) is 11.0. The predicted molar refractivity (Wildman–Crippen MR) is 240 cm³/mol. The maximum absolute atomic E-state index is 12.8. The van der Waals surface area contributed by atoms with Crippen molar-refractivity contribution in [1.82, 2.24) is 0 Å². The number of aliphatic hydroxyl groups is 5. The summed E-state index contributed by atoms with van der Waals surface area (Å²) in [6, 6.07) is 0. The summed E-state index contributed by atoms with van der Waals surface area (Å²) in [5.41, 5.74) is 0. The zero-order valence-electron chi connectivity index (χ0n) is 37.7. The normalized spacial score (nSPS) is 22.3. The molecule has 356 valence electrons. The predicted octanol–water partition coefficient (Wildman–Crippen LogP) is 9.39. The first-order valence-corrected chi connectivity index (χ1v) is 25.3. The topological polar surface area (TPSA) is 210 Å². The molecule has 6 N–H and O–H groups in total. The number of phosphoric acid groups is 1. The zero-order chi connectivity index (χ0) is 45.0. The van der Waals surface area contributed by atoms with E-state index < -0.39 is 75.7 Å². The highest BCUT2D eigenvalue weighted by molar-refractivity contribution is 7.47. The van der Waals surface area contributed by atoms with Gasteiger partial charge in [-0.25, -0.2) is 4.57 Å². The van der Waals surface area contributed by atoms with Crippen molar-refractivity contribution in [1.29, 1.82) is 0 Å². The summed E-state index contributed by atoms with van der Waals surface area (Å²) < 4.78 is 33.5. The van der Waals surface area contributed by atoms with Crippen molar-refractivity contribution in [2.45, 2.75) is 236 Å². The van der Waals surface area contributed by atoms with E-state index in [-0.39, 0.29) is 12.8 Å². The summed E-state index contributed by atoms with van der Waals surface area (Å²) in [7, 11) is -5.12. The minimum absolute atomic E-state index is 0.0886. The highest BCUT2D eigenvalue weighted by Gasteiger charge is 2.51. The molecule has 0 spiro atoms. The van der Waals surface area contributed by atoms with Gasteiger partial charge >= 0.3 is 19.8 Å². The molecule has 0 aliphatic heterocycles. The van der Waals surface area contributed by atoms with Crippen LogP contribution >= 0.6 is 7.82 Å². The molecule has 0 aromatic heterocycles. The molecular weight excluding hydrogens is 803 g/mol. The van der Waals surface area contributed by atoms with Gasteiger partial charge in [0.15, 0.2) is 6.10 Å². The Morgan fingerprint density at radius 1 is 0.508 bits per heavy atom. The van der Waals surface area contributed by atoms with Gasteiger partial charge in [-0.2, -0.15) is 0 Å². The van der Waals surface area contributed by atoms with Crippen LogP contribution in [-0.4, -0.2) is 98.3 Å². The van der Waals surface area contributed by atoms with Crippen LogP contribution in [0.15, 0.2) is 36.5 Å². The van der Waals surface area contributed by atoms with Crippen LogP contribution in [0.3, 0.4) is 0 Å². The molecular formula is C47H85O13P. The molecule has 1 saturated carbocycles. The molecule has 0 aromatic carbocycles. The van der Waals surface area contributed by atoms with Gasteiger partial charge in [-0.05, 0) is 64.2 Å². The average Bonchev–Trinajstić information content (AvgIpc) is 3.24. The number of phosphoric ester groups is 1. The van der Waals surface area contributed by atoms with Crippen molar-refractivity contribution < 1.29 is 63.1 Å². The lowest BCUT2D eigenvalue weighted by atomic mass is 9.85. The SMILES string of the molecule is CCCCCC/C=C/C=C/CCCCCCCC(=O)OC[C@H](COP(=O)(O)OC1C(O)C(O)C(O)[C@H](O)C1O)OC(=O)CCCCCCCCC/C=C/CCCCCCCC. The van der Waals surface area contributed by atoms with Crippen LogP contribution in [0.25, 0.3) is 0 Å². The molecule has 0 heterocycles. The van der Waals surface area contributed by atoms with E-state index in [1.54, 1.807) is 0 Å². The highest BCUT2D eigenvalue weighted by Crippen LogP contribution is 2.47. The van der Waals surface area contributed by atoms with Crippen molar-refractivity contribution in [3.05, 3.63) is 36.5 Å². The van der Waals surface area contributed by atoms with Gasteiger partial charge in [-0.15, -0.1) is 0 Å². The average molecular weight is 889 g/mol. The lowest BCUT2D eigenvalue weighted by molar-refractivity contribution is -0.220. The van der Waals surface area contributed by atoms with Crippen LogP contribution in [0.4, 0.5) is 0 Å². The number of rotatable bonds is 39. The van der Waals surface area contributed by atoms with Crippen molar-refractivity contribution in [2.75, 3.05) is 13.2 Å². The molecule has 1 aliphatic rings. The van der Waals surface area contributed by atoms with Gasteiger partial charge in [0.2, 0.25) is 0 Å². The van der Waals surface area contributed by atoms with E-state index >= 15 is 0 Å². The van der Waals surface area contributed by atoms with Crippen LogP contribution in [0.1, 0.15) is 194 Å². The van der Waals surface area contributed by atoms with E-state index in [1.807, 2.05) is 0 Å². The Morgan fingerprint density at radius 2 is 0.885 bits per heavy atom. The molecule has 6 unspecified atom stereocenters. The lowest BCUT2D eigenvalue weighted by Crippen LogP contribution is -2.64. The number of aliphatic hydroxyl groups excluding tert-OH is 5. The van der Waals surface area contributed by atoms with Crippen LogP contribution in [0.5, 0.6) is 0 Å². The fraction of sp³-hybridized carbons (Fsp3) is 0.830. The molecule has 8 atom stereocenters. The van der Waals surface area contributed by atoms with Gasteiger partial charge in [0.25, 0.3) is 0 Å². The monoisotopic (exact) mass is 889 g/mol. The standard InChI is InChI=1S/C47H85O13P/c1-3-5-7-9-11-13-15-17-19-20-22-24-26-28-30-32-34-36-41(49)59-39(38-58-61(55,56)60-47-45(53)43(51)42(50)44(52)46(47)54)37-57-40(48)35-33-31-29-27-25-23-21-18-16-14-12-10-8-6-4-2/h14,16-19,21,39,42-47,50-54H,3-13,15,20,22-38H2,1-2H3,(H,55,56)/b16-14+,19-17+,21-18+/t39-,42?,43+,44?,45?,46?,47?/m1/s1. The third kappa shape index (κ3) is 30.0. The van der Waals surface area contributed by atoms with Gasteiger partial charge in [0.1, 0.15) is 43.2 Å². The fourth-order valence-corrected chi connectivity index (χ4v) is 8.07. The first-order chi connectivity index (χ1) is 29.4. The van der Waals surface area contributed by atoms with E-state index in [4.69, 9.17) is 18.5 Å². The molecule has 0 amide bonds. The van der Waals surface area contributed by atoms with Crippen LogP contribution in [0, 0.1) is 0 Å². The Balaban J connectivity index is 2.46. The second kappa shape index (κ2) is 37.4. The number of allylic oxidation sites excluding steroid dienone is 6. The minimum atomic E-state index is -5.12. The maximum atomic E-state index is 12.8. The van der Waals surface area contributed by atoms with Crippen LogP contribution in [-0.2, 0) is 32.7 Å². The largest absolute Gasteiger partial charge is 0.472 e. The smallest absolute Gasteiger partial charge is 0.462 e. The Morgan fingerprint density at radius 3 is 1.36 bits per heavy atom. The summed E-state index contributed by atoms with van der Waals surface area (Å²) in [6.07, 6.45) is 29.0. The van der Waals surface area contributed by atoms with E-state index in [9.17, 15) is 44.6 Å². The molecule has 0 aromatic rings. The molecule has 1 aliphatic carbocycles. The number of carbonyl (C=O) groups is 2. The summed E-state index contributed by atoms with van der Waals surface area (Å²) in [4.78, 5) is 35.7. The van der Waals surface area contributed by atoms with Crippen molar-refractivity contribution in [2.24, 2.45) is 0 Å². The van der Waals surface area contributed by atoms with Gasteiger partial charge in [-0.1, -0.05) is 153 Å². The second-order valence-corrected chi connectivity index (χ2v) is 18.0. The number of esters is 2. The third-order valence-corrected chi connectivity index (χ3v) is 12.0. The molecule has 14 heteroatoms. The number of hydrogen-bond donors (Lipinski definition) is 6. The molecule has 0 saturated heterocycles. The second-order valence-electron chi connectivity index (χ2n) is 16.6. The van der Waals surface area contributed by atoms with Gasteiger partial charge in [0.05, 0.1) is 6.61 Å². The number of carbonyl (C=O) groups excluding carboxylic acids is 2. The van der Waals surface area contributed by atoms with Gasteiger partial charge in [0, 0.05) is 12.8 Å². The van der Waals surface area contributed by atoms with Gasteiger partial charge in [-0.3, -0.25) is 18.6 Å². The number of hydrogen-bond acceptors (Lipinski definition) is 12. The molecule has 13 nitrogen and oxygen atoms in total. The summed E-state index contributed by atoms with van der Waals surface area (Å²) in [5.74, 6) is -1.12. The van der Waals surface area contributed by atoms with Crippen molar-refractivity contribution in [3.8, 4) is 0 Å². The Kier molecular flexibility index (Phi) is 35.0. The van der Waals surface area contributed by atoms with E-state index in [0.717, 1.165) is 70.6 Å². The summed E-state index contributed by atoms with van der Waals surface area (Å²) >= 11 is 0. The number of unbranched alkanes of at least 4 members (excludes halogenated alkanes) is 22.